The second-order valence-corrected chi connectivity index (χ2v) is 7.37. The monoisotopic (exact) mass is 314 g/mol. The molecule has 19 heavy (non-hydrogen) atoms. The summed E-state index contributed by atoms with van der Waals surface area (Å²) < 4.78 is 0. The van der Waals surface area contributed by atoms with Gasteiger partial charge in [0.15, 0.2) is 5.78 Å². The van der Waals surface area contributed by atoms with Gasteiger partial charge in [0.2, 0.25) is 0 Å². The van der Waals surface area contributed by atoms with Crippen LogP contribution in [0, 0.1) is 29.6 Å². The molecule has 3 aliphatic carbocycles. The minimum Gasteiger partial charge on any atom is -0.294 e. The lowest BCUT2D eigenvalue weighted by molar-refractivity contribution is 0.0945. The molecule has 4 heteroatoms. The molecule has 0 aliphatic heterocycles. The standard InChI is InChI=1S/C15H13Cl3O/c16-8-4-9(17)13(10(18)5-8)15(19)14-11-6-1-2-7(3-6)12(11)14/h4-7,11-12,14H,1-3H2. The van der Waals surface area contributed by atoms with Gasteiger partial charge in [-0.25, -0.2) is 0 Å². The van der Waals surface area contributed by atoms with Crippen LogP contribution in [0.2, 0.25) is 15.1 Å². The molecule has 3 fully saturated rings. The Morgan fingerprint density at radius 1 is 1.00 bits per heavy atom. The van der Waals surface area contributed by atoms with E-state index in [0.29, 0.717) is 32.5 Å². The molecule has 2 bridgehead atoms. The van der Waals surface area contributed by atoms with Gasteiger partial charge in [-0.3, -0.25) is 4.79 Å². The molecule has 4 atom stereocenters. The minimum atomic E-state index is 0.137. The summed E-state index contributed by atoms with van der Waals surface area (Å²) in [5.74, 6) is 3.06. The zero-order valence-electron chi connectivity index (χ0n) is 10.2. The lowest BCUT2D eigenvalue weighted by Crippen LogP contribution is -2.11. The van der Waals surface area contributed by atoms with Crippen LogP contribution in [0.25, 0.3) is 0 Å². The van der Waals surface area contributed by atoms with E-state index in [9.17, 15) is 4.79 Å². The molecular formula is C15H13Cl3O. The second kappa shape index (κ2) is 4.13. The van der Waals surface area contributed by atoms with E-state index in [4.69, 9.17) is 34.8 Å². The van der Waals surface area contributed by atoms with Gasteiger partial charge in [-0.2, -0.15) is 0 Å². The van der Waals surface area contributed by atoms with Crippen LogP contribution in [0.15, 0.2) is 12.1 Å². The van der Waals surface area contributed by atoms with Gasteiger partial charge in [0.1, 0.15) is 0 Å². The first kappa shape index (κ1) is 12.5. The van der Waals surface area contributed by atoms with Gasteiger partial charge >= 0.3 is 0 Å². The molecule has 0 amide bonds. The topological polar surface area (TPSA) is 17.1 Å². The number of Topliss-reactive ketones (excluding diaryl/α,β-unsaturated/α-hetero) is 1. The number of benzene rings is 1. The van der Waals surface area contributed by atoms with Crippen LogP contribution in [-0.2, 0) is 0 Å². The van der Waals surface area contributed by atoms with Crippen LogP contribution in [0.5, 0.6) is 0 Å². The van der Waals surface area contributed by atoms with Crippen LogP contribution in [0.4, 0.5) is 0 Å². The normalized spacial score (nSPS) is 38.4. The number of halogens is 3. The fraction of sp³-hybridized carbons (Fsp3) is 0.533. The Morgan fingerprint density at radius 3 is 2.05 bits per heavy atom. The first-order chi connectivity index (χ1) is 9.08. The molecule has 0 radical (unpaired) electrons. The lowest BCUT2D eigenvalue weighted by Gasteiger charge is -2.10. The lowest BCUT2D eigenvalue weighted by atomic mass is 9.96. The van der Waals surface area contributed by atoms with Crippen LogP contribution in [0.3, 0.4) is 0 Å². The Balaban J connectivity index is 1.66. The molecule has 3 saturated carbocycles. The predicted octanol–water partition coefficient (Wildman–Crippen LogP) is 5.12. The van der Waals surface area contributed by atoms with Crippen molar-refractivity contribution in [2.75, 3.05) is 0 Å². The van der Waals surface area contributed by atoms with Crippen molar-refractivity contribution in [2.45, 2.75) is 19.3 Å². The van der Waals surface area contributed by atoms with Crippen LogP contribution < -0.4 is 0 Å². The fourth-order valence-electron chi connectivity index (χ4n) is 4.62. The number of ketones is 1. The fourth-order valence-corrected chi connectivity index (χ4v) is 5.62. The first-order valence-corrected chi connectivity index (χ1v) is 7.90. The van der Waals surface area contributed by atoms with Gasteiger partial charge < -0.3 is 0 Å². The van der Waals surface area contributed by atoms with E-state index in [2.05, 4.69) is 0 Å². The SMILES string of the molecule is O=C(c1c(Cl)cc(Cl)cc1Cl)C1C2C3CCC(C3)C12. The van der Waals surface area contributed by atoms with E-state index in [-0.39, 0.29) is 11.7 Å². The van der Waals surface area contributed by atoms with E-state index < -0.39 is 0 Å². The third kappa shape index (κ3) is 1.71. The van der Waals surface area contributed by atoms with E-state index >= 15 is 0 Å². The van der Waals surface area contributed by atoms with E-state index in [0.717, 1.165) is 11.8 Å². The number of carbonyl (C=O) groups excluding carboxylic acids is 1. The minimum absolute atomic E-state index is 0.137. The summed E-state index contributed by atoms with van der Waals surface area (Å²) in [5.41, 5.74) is 0.478. The highest BCUT2D eigenvalue weighted by Gasteiger charge is 2.67. The molecule has 0 saturated heterocycles. The maximum atomic E-state index is 12.7. The smallest absolute Gasteiger partial charge is 0.169 e. The zero-order valence-corrected chi connectivity index (χ0v) is 12.5. The van der Waals surface area contributed by atoms with Gasteiger partial charge in [-0.15, -0.1) is 0 Å². The summed E-state index contributed by atoms with van der Waals surface area (Å²) in [7, 11) is 0. The molecule has 1 aromatic carbocycles. The second-order valence-electron chi connectivity index (χ2n) is 6.12. The average molecular weight is 316 g/mol. The highest BCUT2D eigenvalue weighted by atomic mass is 35.5. The average Bonchev–Trinajstić information content (AvgIpc) is 2.77. The molecule has 0 heterocycles. The Kier molecular flexibility index (Phi) is 2.72. The summed E-state index contributed by atoms with van der Waals surface area (Å²) in [5, 5.41) is 1.25. The van der Waals surface area contributed by atoms with Gasteiger partial charge in [-0.1, -0.05) is 34.8 Å². The number of hydrogen-bond donors (Lipinski definition) is 0. The van der Waals surface area contributed by atoms with Crippen molar-refractivity contribution in [2.24, 2.45) is 29.6 Å². The molecular weight excluding hydrogens is 303 g/mol. The number of carbonyl (C=O) groups is 1. The van der Waals surface area contributed by atoms with Crippen molar-refractivity contribution < 1.29 is 4.79 Å². The molecule has 1 nitrogen and oxygen atoms in total. The molecule has 0 aromatic heterocycles. The van der Waals surface area contributed by atoms with E-state index in [1.54, 1.807) is 12.1 Å². The molecule has 4 rings (SSSR count). The predicted molar refractivity (Wildman–Crippen MR) is 77.1 cm³/mol. The zero-order chi connectivity index (χ0) is 13.3. The van der Waals surface area contributed by atoms with Crippen molar-refractivity contribution in [1.82, 2.24) is 0 Å². The Morgan fingerprint density at radius 2 is 1.53 bits per heavy atom. The summed E-state index contributed by atoms with van der Waals surface area (Å²) in [6, 6.07) is 3.21. The molecule has 4 unspecified atom stereocenters. The van der Waals surface area contributed by atoms with Crippen molar-refractivity contribution >= 4 is 40.6 Å². The van der Waals surface area contributed by atoms with E-state index in [1.807, 2.05) is 0 Å². The maximum Gasteiger partial charge on any atom is 0.169 e. The molecule has 0 N–H and O–H groups in total. The molecule has 1 aromatic rings. The van der Waals surface area contributed by atoms with Crippen molar-refractivity contribution in [3.8, 4) is 0 Å². The quantitative estimate of drug-likeness (QED) is 0.692. The van der Waals surface area contributed by atoms with Crippen LogP contribution in [-0.4, -0.2) is 5.78 Å². The van der Waals surface area contributed by atoms with Crippen LogP contribution in [0.1, 0.15) is 29.6 Å². The van der Waals surface area contributed by atoms with Gasteiger partial charge in [-0.05, 0) is 55.1 Å². The highest BCUT2D eigenvalue weighted by Crippen LogP contribution is 2.70. The van der Waals surface area contributed by atoms with Crippen molar-refractivity contribution in [1.29, 1.82) is 0 Å². The maximum absolute atomic E-state index is 12.7. The molecule has 0 spiro atoms. The number of hydrogen-bond acceptors (Lipinski definition) is 1. The van der Waals surface area contributed by atoms with Crippen molar-refractivity contribution in [3.05, 3.63) is 32.8 Å². The van der Waals surface area contributed by atoms with Gasteiger partial charge in [0.05, 0.1) is 15.6 Å². The first-order valence-electron chi connectivity index (χ1n) is 6.76. The third-order valence-electron chi connectivity index (χ3n) is 5.29. The largest absolute Gasteiger partial charge is 0.294 e. The Labute approximate surface area is 127 Å². The summed E-state index contributed by atoms with van der Waals surface area (Å²) >= 11 is 18.2. The Bertz CT molecular complexity index is 544. The highest BCUT2D eigenvalue weighted by molar-refractivity contribution is 6.42. The molecule has 100 valence electrons. The summed E-state index contributed by atoms with van der Waals surface area (Å²) in [6.07, 6.45) is 3.94. The summed E-state index contributed by atoms with van der Waals surface area (Å²) in [4.78, 5) is 12.7. The van der Waals surface area contributed by atoms with E-state index in [1.165, 1.54) is 19.3 Å². The van der Waals surface area contributed by atoms with Crippen molar-refractivity contribution in [3.63, 3.8) is 0 Å². The summed E-state index contributed by atoms with van der Waals surface area (Å²) in [6.45, 7) is 0. The Hall–Kier alpha value is -0.240. The molecule has 3 aliphatic rings. The number of fused-ring (bicyclic) bond motifs is 5. The van der Waals surface area contributed by atoms with Gasteiger partial charge in [0, 0.05) is 10.9 Å². The van der Waals surface area contributed by atoms with Crippen LogP contribution >= 0.6 is 34.8 Å². The van der Waals surface area contributed by atoms with Gasteiger partial charge in [0.25, 0.3) is 0 Å². The third-order valence-corrected chi connectivity index (χ3v) is 6.11. The number of rotatable bonds is 2.